The van der Waals surface area contributed by atoms with Crippen LogP contribution in [0.15, 0.2) is 30.6 Å². The van der Waals surface area contributed by atoms with E-state index in [1.165, 1.54) is 12.4 Å². The lowest BCUT2D eigenvalue weighted by Crippen LogP contribution is -2.38. The van der Waals surface area contributed by atoms with Crippen molar-refractivity contribution in [2.45, 2.75) is 31.5 Å². The summed E-state index contributed by atoms with van der Waals surface area (Å²) in [6.45, 7) is 3.41. The number of nitrogens with zero attached hydrogens (tertiary/aromatic N) is 4. The fraction of sp³-hybridized carbons (Fsp3) is 0.550. The van der Waals surface area contributed by atoms with E-state index in [0.29, 0.717) is 37.0 Å². The molecule has 0 bridgehead atoms. The minimum atomic E-state index is -4.54. The third-order valence-corrected chi connectivity index (χ3v) is 5.30. The second kappa shape index (κ2) is 8.62. The first-order valence-electron chi connectivity index (χ1n) is 9.80. The Labute approximate surface area is 167 Å². The molecule has 0 radical (unpaired) electrons. The zero-order valence-electron chi connectivity index (χ0n) is 15.9. The Morgan fingerprint density at radius 3 is 2.52 bits per heavy atom. The van der Waals surface area contributed by atoms with Crippen LogP contribution in [-0.2, 0) is 15.7 Å². The van der Waals surface area contributed by atoms with Gasteiger partial charge in [-0.05, 0) is 31.4 Å². The van der Waals surface area contributed by atoms with Gasteiger partial charge in [0.15, 0.2) is 11.5 Å². The molecule has 0 aliphatic carbocycles. The summed E-state index contributed by atoms with van der Waals surface area (Å²) in [7, 11) is 0. The topological polar surface area (TPSA) is 60.4 Å². The number of pyridine rings is 1. The molecule has 29 heavy (non-hydrogen) atoms. The number of alkyl halides is 3. The van der Waals surface area contributed by atoms with Crippen LogP contribution >= 0.6 is 0 Å². The summed E-state index contributed by atoms with van der Waals surface area (Å²) >= 11 is 0. The van der Waals surface area contributed by atoms with E-state index in [2.05, 4.69) is 15.0 Å². The number of aromatic nitrogens is 3. The van der Waals surface area contributed by atoms with Crippen molar-refractivity contribution < 1.29 is 22.6 Å². The van der Waals surface area contributed by atoms with Crippen LogP contribution in [0.5, 0.6) is 0 Å². The average Bonchev–Trinajstić information content (AvgIpc) is 3.26. The Morgan fingerprint density at radius 2 is 1.86 bits per heavy atom. The second-order valence-electron chi connectivity index (χ2n) is 7.42. The molecule has 9 heteroatoms. The van der Waals surface area contributed by atoms with Crippen LogP contribution < -0.4 is 4.90 Å². The largest absolute Gasteiger partial charge is 0.433 e. The van der Waals surface area contributed by atoms with Gasteiger partial charge in [-0.1, -0.05) is 0 Å². The van der Waals surface area contributed by atoms with E-state index in [-0.39, 0.29) is 11.9 Å². The summed E-state index contributed by atoms with van der Waals surface area (Å²) in [4.78, 5) is 13.9. The highest BCUT2D eigenvalue weighted by Gasteiger charge is 2.35. The highest BCUT2D eigenvalue weighted by molar-refractivity contribution is 5.57. The number of hydrogen-bond donors (Lipinski definition) is 0. The number of hydrogen-bond acceptors (Lipinski definition) is 6. The molecule has 2 aliphatic rings. The van der Waals surface area contributed by atoms with Gasteiger partial charge in [0.1, 0.15) is 5.82 Å². The fourth-order valence-corrected chi connectivity index (χ4v) is 3.61. The van der Waals surface area contributed by atoms with Crippen molar-refractivity contribution in [2.24, 2.45) is 5.92 Å². The standard InChI is InChI=1S/C20H23F3N4O2/c21-20(22,23)17-11-18(26-19(25-17)15-1-6-24-7-2-15)27-8-3-16(4-9-27)29-13-14-5-10-28-12-14/h1-2,6-7,11,14,16H,3-5,8-10,12-13H2. The molecule has 1 unspecified atom stereocenters. The summed E-state index contributed by atoms with van der Waals surface area (Å²) in [5.41, 5.74) is -0.432. The first-order chi connectivity index (χ1) is 14.0. The maximum absolute atomic E-state index is 13.4. The lowest BCUT2D eigenvalue weighted by molar-refractivity contribution is -0.141. The highest BCUT2D eigenvalue weighted by atomic mass is 19.4. The first kappa shape index (κ1) is 20.0. The van der Waals surface area contributed by atoms with Crippen molar-refractivity contribution in [1.82, 2.24) is 15.0 Å². The Balaban J connectivity index is 1.46. The molecular formula is C20H23F3N4O2. The molecule has 2 aromatic heterocycles. The van der Waals surface area contributed by atoms with Crippen LogP contribution in [0.4, 0.5) is 19.0 Å². The van der Waals surface area contributed by atoms with Crippen molar-refractivity contribution in [1.29, 1.82) is 0 Å². The fourth-order valence-electron chi connectivity index (χ4n) is 3.61. The van der Waals surface area contributed by atoms with E-state index in [1.807, 2.05) is 4.90 Å². The predicted molar refractivity (Wildman–Crippen MR) is 100 cm³/mol. The lowest BCUT2D eigenvalue weighted by Gasteiger charge is -2.33. The molecule has 4 heterocycles. The zero-order chi connectivity index (χ0) is 20.3. The van der Waals surface area contributed by atoms with Crippen LogP contribution in [0.3, 0.4) is 0 Å². The summed E-state index contributed by atoms with van der Waals surface area (Å²) in [5.74, 6) is 0.797. The second-order valence-corrected chi connectivity index (χ2v) is 7.42. The summed E-state index contributed by atoms with van der Waals surface area (Å²) in [6.07, 6.45) is 1.14. The van der Waals surface area contributed by atoms with Crippen molar-refractivity contribution >= 4 is 5.82 Å². The molecule has 0 spiro atoms. The summed E-state index contributed by atoms with van der Waals surface area (Å²) in [5, 5.41) is 0. The highest BCUT2D eigenvalue weighted by Crippen LogP contribution is 2.32. The number of anilines is 1. The van der Waals surface area contributed by atoms with Crippen LogP contribution in [0.25, 0.3) is 11.4 Å². The molecule has 2 aromatic rings. The quantitative estimate of drug-likeness (QED) is 0.754. The van der Waals surface area contributed by atoms with Crippen molar-refractivity contribution in [3.05, 3.63) is 36.3 Å². The Morgan fingerprint density at radius 1 is 1.10 bits per heavy atom. The van der Waals surface area contributed by atoms with Gasteiger partial charge >= 0.3 is 6.18 Å². The molecule has 2 fully saturated rings. The molecule has 0 amide bonds. The maximum Gasteiger partial charge on any atom is 0.433 e. The minimum absolute atomic E-state index is 0.0526. The Hall–Kier alpha value is -2.26. The van der Waals surface area contributed by atoms with Gasteiger partial charge in [0.2, 0.25) is 0 Å². The minimum Gasteiger partial charge on any atom is -0.381 e. The zero-order valence-corrected chi connectivity index (χ0v) is 15.9. The van der Waals surface area contributed by atoms with Gasteiger partial charge in [-0.15, -0.1) is 0 Å². The van der Waals surface area contributed by atoms with Gasteiger partial charge in [0, 0.05) is 49.6 Å². The van der Waals surface area contributed by atoms with Gasteiger partial charge < -0.3 is 14.4 Å². The van der Waals surface area contributed by atoms with Crippen LogP contribution in [0.2, 0.25) is 0 Å². The van der Waals surface area contributed by atoms with Crippen molar-refractivity contribution in [3.63, 3.8) is 0 Å². The van der Waals surface area contributed by atoms with E-state index in [0.717, 1.165) is 38.5 Å². The molecule has 0 aromatic carbocycles. The molecular weight excluding hydrogens is 385 g/mol. The van der Waals surface area contributed by atoms with Gasteiger partial charge in [0.25, 0.3) is 0 Å². The molecule has 4 rings (SSSR count). The van der Waals surface area contributed by atoms with Crippen molar-refractivity contribution in [3.8, 4) is 11.4 Å². The number of rotatable bonds is 5. The van der Waals surface area contributed by atoms with Crippen LogP contribution in [-0.4, -0.2) is 54.0 Å². The Kier molecular flexibility index (Phi) is 5.96. The molecule has 0 saturated carbocycles. The molecule has 156 valence electrons. The third-order valence-electron chi connectivity index (χ3n) is 5.30. The van der Waals surface area contributed by atoms with E-state index in [1.54, 1.807) is 12.1 Å². The number of piperidine rings is 1. The Bertz CT molecular complexity index is 805. The SMILES string of the molecule is FC(F)(F)c1cc(N2CCC(OCC3CCOC3)CC2)nc(-c2ccncc2)n1. The number of ether oxygens (including phenoxy) is 2. The maximum atomic E-state index is 13.4. The first-order valence-corrected chi connectivity index (χ1v) is 9.80. The van der Waals surface area contributed by atoms with E-state index in [4.69, 9.17) is 9.47 Å². The van der Waals surface area contributed by atoms with Gasteiger partial charge in [-0.2, -0.15) is 13.2 Å². The van der Waals surface area contributed by atoms with Crippen molar-refractivity contribution in [2.75, 3.05) is 37.8 Å². The predicted octanol–water partition coefficient (Wildman–Crippen LogP) is 3.58. The molecule has 1 atom stereocenters. The smallest absolute Gasteiger partial charge is 0.381 e. The van der Waals surface area contributed by atoms with E-state index >= 15 is 0 Å². The van der Waals surface area contributed by atoms with Crippen LogP contribution in [0.1, 0.15) is 25.0 Å². The summed E-state index contributed by atoms with van der Waals surface area (Å²) in [6, 6.07) is 4.24. The van der Waals surface area contributed by atoms with Crippen LogP contribution in [0, 0.1) is 5.92 Å². The molecule has 0 N–H and O–H groups in total. The molecule has 2 saturated heterocycles. The summed E-state index contributed by atoms with van der Waals surface area (Å²) < 4.78 is 51.5. The van der Waals surface area contributed by atoms with E-state index in [9.17, 15) is 13.2 Å². The number of halogens is 3. The average molecular weight is 408 g/mol. The normalized spacial score (nSPS) is 20.9. The van der Waals surface area contributed by atoms with Gasteiger partial charge in [-0.25, -0.2) is 9.97 Å². The monoisotopic (exact) mass is 408 g/mol. The third kappa shape index (κ3) is 5.02. The van der Waals surface area contributed by atoms with Gasteiger partial charge in [0.05, 0.1) is 19.3 Å². The molecule has 2 aliphatic heterocycles. The van der Waals surface area contributed by atoms with E-state index < -0.39 is 11.9 Å². The van der Waals surface area contributed by atoms with Gasteiger partial charge in [-0.3, -0.25) is 4.98 Å². The lowest BCUT2D eigenvalue weighted by atomic mass is 10.1. The molecule has 6 nitrogen and oxygen atoms in total.